The van der Waals surface area contributed by atoms with Crippen molar-refractivity contribution in [3.63, 3.8) is 0 Å². The van der Waals surface area contributed by atoms with Gasteiger partial charge in [0.25, 0.3) is 0 Å². The molecule has 0 saturated carbocycles. The second kappa shape index (κ2) is 7.33. The Bertz CT molecular complexity index is 774. The summed E-state index contributed by atoms with van der Waals surface area (Å²) in [6.45, 7) is 0. The van der Waals surface area contributed by atoms with Crippen molar-refractivity contribution in [3.8, 4) is 17.2 Å². The first-order valence-corrected chi connectivity index (χ1v) is 8.31. The highest BCUT2D eigenvalue weighted by atomic mass is 32.2. The lowest BCUT2D eigenvalue weighted by molar-refractivity contribution is 0.410. The minimum absolute atomic E-state index is 0.255. The number of thioether (sulfide) groups is 1. The highest BCUT2D eigenvalue weighted by Gasteiger charge is 2.08. The SMILES string of the molecule is COc1ccc(F)cc1CSCc1coc(-c2ccccc2)n1. The highest BCUT2D eigenvalue weighted by Crippen LogP contribution is 2.26. The van der Waals surface area contributed by atoms with Crippen molar-refractivity contribution in [2.24, 2.45) is 0 Å². The molecule has 0 unspecified atom stereocenters. The zero-order valence-corrected chi connectivity index (χ0v) is 13.5. The smallest absolute Gasteiger partial charge is 0.226 e. The maximum atomic E-state index is 13.3. The van der Waals surface area contributed by atoms with Crippen LogP contribution in [0.5, 0.6) is 5.75 Å². The Labute approximate surface area is 138 Å². The zero-order valence-electron chi connectivity index (χ0n) is 12.7. The van der Waals surface area contributed by atoms with E-state index in [2.05, 4.69) is 4.98 Å². The number of aromatic nitrogens is 1. The second-order valence-electron chi connectivity index (χ2n) is 4.96. The third-order valence-corrected chi connectivity index (χ3v) is 4.34. The number of hydrogen-bond acceptors (Lipinski definition) is 4. The lowest BCUT2D eigenvalue weighted by atomic mass is 10.2. The van der Waals surface area contributed by atoms with E-state index < -0.39 is 0 Å². The number of benzene rings is 2. The molecule has 3 aromatic rings. The van der Waals surface area contributed by atoms with Crippen LogP contribution in [-0.2, 0) is 11.5 Å². The van der Waals surface area contributed by atoms with Crippen molar-refractivity contribution in [2.45, 2.75) is 11.5 Å². The van der Waals surface area contributed by atoms with Crippen LogP contribution in [0.15, 0.2) is 59.2 Å². The molecular weight excluding hydrogens is 313 g/mol. The Morgan fingerprint density at radius 2 is 1.96 bits per heavy atom. The van der Waals surface area contributed by atoms with Crippen molar-refractivity contribution in [1.29, 1.82) is 0 Å². The second-order valence-corrected chi connectivity index (χ2v) is 5.94. The van der Waals surface area contributed by atoms with Gasteiger partial charge in [0, 0.05) is 22.6 Å². The Morgan fingerprint density at radius 1 is 1.13 bits per heavy atom. The number of hydrogen-bond donors (Lipinski definition) is 0. The molecule has 0 bridgehead atoms. The van der Waals surface area contributed by atoms with Gasteiger partial charge in [0.15, 0.2) is 0 Å². The van der Waals surface area contributed by atoms with Gasteiger partial charge in [0.1, 0.15) is 17.8 Å². The van der Waals surface area contributed by atoms with E-state index in [1.165, 1.54) is 12.1 Å². The molecule has 0 aliphatic carbocycles. The van der Waals surface area contributed by atoms with E-state index in [0.717, 1.165) is 16.8 Å². The number of rotatable bonds is 6. The van der Waals surface area contributed by atoms with Crippen LogP contribution in [0.1, 0.15) is 11.3 Å². The third-order valence-electron chi connectivity index (χ3n) is 3.32. The minimum Gasteiger partial charge on any atom is -0.496 e. The van der Waals surface area contributed by atoms with Crippen LogP contribution in [0.2, 0.25) is 0 Å². The van der Waals surface area contributed by atoms with E-state index in [-0.39, 0.29) is 5.82 Å². The molecule has 0 saturated heterocycles. The summed E-state index contributed by atoms with van der Waals surface area (Å²) in [5.74, 6) is 2.40. The molecule has 0 aliphatic rings. The van der Waals surface area contributed by atoms with Crippen LogP contribution in [-0.4, -0.2) is 12.1 Å². The van der Waals surface area contributed by atoms with Gasteiger partial charge < -0.3 is 9.15 Å². The first kappa shape index (κ1) is 15.6. The summed E-state index contributed by atoms with van der Waals surface area (Å²) in [5, 5.41) is 0. The number of nitrogens with zero attached hydrogens (tertiary/aromatic N) is 1. The standard InChI is InChI=1S/C18H16FNO2S/c1-21-17-8-7-15(19)9-14(17)11-23-12-16-10-22-18(20-16)13-5-3-2-4-6-13/h2-10H,11-12H2,1H3. The van der Waals surface area contributed by atoms with Crippen molar-refractivity contribution in [3.05, 3.63) is 71.9 Å². The third kappa shape index (κ3) is 3.93. The van der Waals surface area contributed by atoms with Crippen LogP contribution in [0.25, 0.3) is 11.5 Å². The fraction of sp³-hybridized carbons (Fsp3) is 0.167. The van der Waals surface area contributed by atoms with Crippen LogP contribution in [0.4, 0.5) is 4.39 Å². The summed E-state index contributed by atoms with van der Waals surface area (Å²) >= 11 is 1.64. The summed E-state index contributed by atoms with van der Waals surface area (Å²) in [7, 11) is 1.59. The van der Waals surface area contributed by atoms with Crippen LogP contribution in [0, 0.1) is 5.82 Å². The van der Waals surface area contributed by atoms with E-state index in [0.29, 0.717) is 23.1 Å². The van der Waals surface area contributed by atoms with Crippen molar-refractivity contribution in [2.75, 3.05) is 7.11 Å². The number of methoxy groups -OCH3 is 1. The summed E-state index contributed by atoms with van der Waals surface area (Å²) in [5.41, 5.74) is 2.66. The van der Waals surface area contributed by atoms with E-state index in [9.17, 15) is 4.39 Å². The van der Waals surface area contributed by atoms with Crippen molar-refractivity contribution >= 4 is 11.8 Å². The number of ether oxygens (including phenoxy) is 1. The molecule has 0 fully saturated rings. The van der Waals surface area contributed by atoms with Gasteiger partial charge in [-0.2, -0.15) is 11.8 Å². The normalized spacial score (nSPS) is 10.7. The summed E-state index contributed by atoms with van der Waals surface area (Å²) in [6.07, 6.45) is 1.66. The average Bonchev–Trinajstić information content (AvgIpc) is 3.05. The predicted octanol–water partition coefficient (Wildman–Crippen LogP) is 4.92. The quantitative estimate of drug-likeness (QED) is 0.643. The maximum absolute atomic E-state index is 13.3. The Hall–Kier alpha value is -2.27. The van der Waals surface area contributed by atoms with Crippen molar-refractivity contribution < 1.29 is 13.5 Å². The Balaban J connectivity index is 1.62. The molecule has 0 atom stereocenters. The van der Waals surface area contributed by atoms with E-state index in [4.69, 9.17) is 9.15 Å². The maximum Gasteiger partial charge on any atom is 0.226 e. The van der Waals surface area contributed by atoms with Gasteiger partial charge in [-0.05, 0) is 30.3 Å². The molecule has 0 radical (unpaired) electrons. The number of oxazole rings is 1. The molecule has 1 heterocycles. The molecule has 0 aliphatic heterocycles. The molecule has 0 amide bonds. The van der Waals surface area contributed by atoms with Gasteiger partial charge in [0.2, 0.25) is 5.89 Å². The zero-order chi connectivity index (χ0) is 16.1. The van der Waals surface area contributed by atoms with Gasteiger partial charge in [-0.15, -0.1) is 0 Å². The van der Waals surface area contributed by atoms with Gasteiger partial charge >= 0.3 is 0 Å². The van der Waals surface area contributed by atoms with Gasteiger partial charge in [-0.1, -0.05) is 18.2 Å². The molecule has 5 heteroatoms. The topological polar surface area (TPSA) is 35.3 Å². The first-order chi connectivity index (χ1) is 11.3. The van der Waals surface area contributed by atoms with Crippen molar-refractivity contribution in [1.82, 2.24) is 4.98 Å². The molecule has 1 aromatic heterocycles. The molecule has 2 aromatic carbocycles. The highest BCUT2D eigenvalue weighted by molar-refractivity contribution is 7.97. The lowest BCUT2D eigenvalue weighted by Crippen LogP contribution is -1.92. The van der Waals surface area contributed by atoms with Crippen LogP contribution >= 0.6 is 11.8 Å². The van der Waals surface area contributed by atoms with Gasteiger partial charge in [-0.25, -0.2) is 9.37 Å². The molecule has 3 rings (SSSR count). The van der Waals surface area contributed by atoms with Crippen LogP contribution < -0.4 is 4.74 Å². The molecular formula is C18H16FNO2S. The monoisotopic (exact) mass is 329 g/mol. The largest absolute Gasteiger partial charge is 0.496 e. The van der Waals surface area contributed by atoms with E-state index in [1.54, 1.807) is 31.2 Å². The molecule has 3 nitrogen and oxygen atoms in total. The van der Waals surface area contributed by atoms with Gasteiger partial charge in [0.05, 0.1) is 12.8 Å². The summed E-state index contributed by atoms with van der Waals surface area (Å²) in [6, 6.07) is 14.3. The summed E-state index contributed by atoms with van der Waals surface area (Å²) in [4.78, 5) is 4.48. The predicted molar refractivity (Wildman–Crippen MR) is 89.9 cm³/mol. The Kier molecular flexibility index (Phi) is 4.98. The van der Waals surface area contributed by atoms with Gasteiger partial charge in [-0.3, -0.25) is 0 Å². The van der Waals surface area contributed by atoms with Crippen LogP contribution in [0.3, 0.4) is 0 Å². The molecule has 118 valence electrons. The first-order valence-electron chi connectivity index (χ1n) is 7.16. The van der Waals surface area contributed by atoms with E-state index in [1.807, 2.05) is 30.3 Å². The fourth-order valence-electron chi connectivity index (χ4n) is 2.21. The fourth-order valence-corrected chi connectivity index (χ4v) is 3.10. The van der Waals surface area contributed by atoms with E-state index >= 15 is 0 Å². The summed E-state index contributed by atoms with van der Waals surface area (Å²) < 4.78 is 24.1. The Morgan fingerprint density at radius 3 is 2.74 bits per heavy atom. The number of halogens is 1. The molecule has 23 heavy (non-hydrogen) atoms. The minimum atomic E-state index is -0.255. The molecule has 0 N–H and O–H groups in total. The average molecular weight is 329 g/mol. The molecule has 0 spiro atoms. The lowest BCUT2D eigenvalue weighted by Gasteiger charge is -2.07.